The minimum atomic E-state index is -3.45. The molecule has 1 fully saturated rings. The fourth-order valence-corrected chi connectivity index (χ4v) is 5.03. The molecular weight excluding hydrogens is 326 g/mol. The zero-order chi connectivity index (χ0) is 16.7. The topological polar surface area (TPSA) is 95.1 Å². The molecule has 3 N–H and O–H groups in total. The summed E-state index contributed by atoms with van der Waals surface area (Å²) in [5.41, 5.74) is 2.30. The van der Waals surface area contributed by atoms with Gasteiger partial charge in [0.1, 0.15) is 5.75 Å². The van der Waals surface area contributed by atoms with Crippen LogP contribution in [0.5, 0.6) is 5.75 Å². The van der Waals surface area contributed by atoms with Gasteiger partial charge in [-0.05, 0) is 48.4 Å². The molecule has 0 aliphatic carbocycles. The van der Waals surface area contributed by atoms with E-state index in [0.717, 1.165) is 17.7 Å². The summed E-state index contributed by atoms with van der Waals surface area (Å²) < 4.78 is 26.1. The molecule has 2 aromatic carbocycles. The van der Waals surface area contributed by atoms with E-state index in [1.54, 1.807) is 36.5 Å². The van der Waals surface area contributed by atoms with Crippen LogP contribution in [0, 0.1) is 0 Å². The normalized spacial score (nSPS) is 18.2. The van der Waals surface area contributed by atoms with Crippen LogP contribution in [0.1, 0.15) is 6.42 Å². The van der Waals surface area contributed by atoms with E-state index < -0.39 is 15.1 Å². The fourth-order valence-electron chi connectivity index (χ4n) is 3.15. The Morgan fingerprint density at radius 2 is 1.92 bits per heavy atom. The lowest BCUT2D eigenvalue weighted by Crippen LogP contribution is -2.24. The predicted molar refractivity (Wildman–Crippen MR) is 91.7 cm³/mol. The first-order valence-corrected chi connectivity index (χ1v) is 9.31. The smallest absolute Gasteiger partial charge is 0.183 e. The van der Waals surface area contributed by atoms with Gasteiger partial charge < -0.3 is 10.4 Å². The Morgan fingerprint density at radius 1 is 1.12 bits per heavy atom. The minimum Gasteiger partial charge on any atom is -0.508 e. The molecule has 6 nitrogen and oxygen atoms in total. The van der Waals surface area contributed by atoms with Crippen LogP contribution in [0.15, 0.2) is 47.5 Å². The third-order valence-corrected chi connectivity index (χ3v) is 6.71. The summed E-state index contributed by atoms with van der Waals surface area (Å²) in [6.45, 7) is 1.20. The van der Waals surface area contributed by atoms with Gasteiger partial charge in [-0.25, -0.2) is 8.42 Å². The number of benzene rings is 2. The Morgan fingerprint density at radius 3 is 2.62 bits per heavy atom. The van der Waals surface area contributed by atoms with Crippen molar-refractivity contribution in [2.24, 2.45) is 0 Å². The third kappa shape index (κ3) is 2.46. The van der Waals surface area contributed by atoms with Crippen molar-refractivity contribution >= 4 is 20.7 Å². The number of hydrogen-bond donors (Lipinski definition) is 3. The van der Waals surface area contributed by atoms with Gasteiger partial charge in [-0.1, -0.05) is 12.1 Å². The first-order chi connectivity index (χ1) is 11.6. The van der Waals surface area contributed by atoms with Crippen molar-refractivity contribution in [3.8, 4) is 16.9 Å². The van der Waals surface area contributed by atoms with Crippen molar-refractivity contribution in [1.82, 2.24) is 15.5 Å². The van der Waals surface area contributed by atoms with Crippen LogP contribution < -0.4 is 5.32 Å². The van der Waals surface area contributed by atoms with Crippen LogP contribution in [0.25, 0.3) is 22.0 Å². The molecule has 0 amide bonds. The fraction of sp³-hybridized carbons (Fsp3) is 0.235. The number of hydrogen-bond acceptors (Lipinski definition) is 5. The molecule has 24 heavy (non-hydrogen) atoms. The van der Waals surface area contributed by atoms with E-state index >= 15 is 0 Å². The quantitative estimate of drug-likeness (QED) is 0.677. The maximum Gasteiger partial charge on any atom is 0.183 e. The van der Waals surface area contributed by atoms with Crippen LogP contribution in [-0.4, -0.2) is 42.1 Å². The Hall–Kier alpha value is -2.38. The number of aromatic hydroxyl groups is 1. The van der Waals surface area contributed by atoms with Gasteiger partial charge in [0.2, 0.25) is 0 Å². The number of rotatable bonds is 3. The number of fused-ring (bicyclic) bond motifs is 1. The van der Waals surface area contributed by atoms with Crippen molar-refractivity contribution in [2.75, 3.05) is 13.1 Å². The van der Waals surface area contributed by atoms with Crippen LogP contribution >= 0.6 is 0 Å². The second-order valence-corrected chi connectivity index (χ2v) is 8.21. The number of nitrogens with zero attached hydrogens (tertiary/aromatic N) is 1. The van der Waals surface area contributed by atoms with Crippen LogP contribution in [0.4, 0.5) is 0 Å². The first-order valence-electron chi connectivity index (χ1n) is 7.77. The molecule has 0 saturated carbocycles. The van der Waals surface area contributed by atoms with Crippen molar-refractivity contribution in [2.45, 2.75) is 16.6 Å². The highest BCUT2D eigenvalue weighted by Gasteiger charge is 2.32. The summed E-state index contributed by atoms with van der Waals surface area (Å²) in [4.78, 5) is 0.311. The van der Waals surface area contributed by atoms with E-state index in [2.05, 4.69) is 15.5 Å². The van der Waals surface area contributed by atoms with Gasteiger partial charge in [-0.2, -0.15) is 5.10 Å². The minimum absolute atomic E-state index is 0.172. The molecular formula is C17H17N3O3S. The van der Waals surface area contributed by atoms with Crippen molar-refractivity contribution in [1.29, 1.82) is 0 Å². The van der Waals surface area contributed by atoms with E-state index in [0.29, 0.717) is 28.8 Å². The Labute approximate surface area is 139 Å². The summed E-state index contributed by atoms with van der Waals surface area (Å²) in [5, 5.41) is 19.6. The molecule has 0 spiro atoms. The summed E-state index contributed by atoms with van der Waals surface area (Å²) in [6, 6.07) is 10.3. The molecule has 1 saturated heterocycles. The van der Waals surface area contributed by atoms with E-state index in [9.17, 15) is 13.5 Å². The average Bonchev–Trinajstić information content (AvgIpc) is 3.26. The monoisotopic (exact) mass is 343 g/mol. The summed E-state index contributed by atoms with van der Waals surface area (Å²) in [6.07, 6.45) is 2.18. The van der Waals surface area contributed by atoms with Gasteiger partial charge in [0.05, 0.1) is 21.9 Å². The second-order valence-electron chi connectivity index (χ2n) is 6.01. The highest BCUT2D eigenvalue weighted by atomic mass is 32.2. The molecule has 4 rings (SSSR count). The maximum atomic E-state index is 13.1. The molecule has 1 aromatic heterocycles. The lowest BCUT2D eigenvalue weighted by Gasteiger charge is -2.13. The highest BCUT2D eigenvalue weighted by molar-refractivity contribution is 7.92. The zero-order valence-corrected chi connectivity index (χ0v) is 13.7. The van der Waals surface area contributed by atoms with Crippen molar-refractivity contribution in [3.63, 3.8) is 0 Å². The van der Waals surface area contributed by atoms with Crippen molar-refractivity contribution < 1.29 is 13.5 Å². The zero-order valence-electron chi connectivity index (χ0n) is 12.9. The van der Waals surface area contributed by atoms with Gasteiger partial charge in [-0.15, -0.1) is 0 Å². The number of sulfone groups is 1. The van der Waals surface area contributed by atoms with Gasteiger partial charge in [0, 0.05) is 11.9 Å². The van der Waals surface area contributed by atoms with Gasteiger partial charge in [0.25, 0.3) is 0 Å². The van der Waals surface area contributed by atoms with E-state index in [1.165, 1.54) is 0 Å². The Kier molecular flexibility index (Phi) is 3.54. The number of H-pyrrole nitrogens is 1. The van der Waals surface area contributed by atoms with Crippen LogP contribution in [0.3, 0.4) is 0 Å². The SMILES string of the molecule is O=S(=O)(c1cc(-c2ccc(O)cc2)cc2[nH]ncc12)[C@H]1CCNC1. The summed E-state index contributed by atoms with van der Waals surface area (Å²) in [5.74, 6) is 0.172. The molecule has 1 atom stereocenters. The molecule has 0 radical (unpaired) electrons. The van der Waals surface area contributed by atoms with Gasteiger partial charge in [0.15, 0.2) is 9.84 Å². The first kappa shape index (κ1) is 15.2. The highest BCUT2D eigenvalue weighted by Crippen LogP contribution is 2.33. The molecule has 2 heterocycles. The van der Waals surface area contributed by atoms with Crippen LogP contribution in [0.2, 0.25) is 0 Å². The Balaban J connectivity index is 1.91. The van der Waals surface area contributed by atoms with E-state index in [-0.39, 0.29) is 5.75 Å². The third-order valence-electron chi connectivity index (χ3n) is 4.48. The maximum absolute atomic E-state index is 13.1. The number of nitrogens with one attached hydrogen (secondary N) is 2. The van der Waals surface area contributed by atoms with Crippen LogP contribution in [-0.2, 0) is 9.84 Å². The number of phenolic OH excluding ortho intramolecular Hbond substituents is 1. The van der Waals surface area contributed by atoms with Crippen molar-refractivity contribution in [3.05, 3.63) is 42.6 Å². The molecule has 0 unspecified atom stereocenters. The molecule has 7 heteroatoms. The van der Waals surface area contributed by atoms with E-state index in [4.69, 9.17) is 0 Å². The molecule has 1 aliphatic rings. The van der Waals surface area contributed by atoms with E-state index in [1.807, 2.05) is 6.07 Å². The lowest BCUT2D eigenvalue weighted by atomic mass is 10.0. The summed E-state index contributed by atoms with van der Waals surface area (Å²) >= 11 is 0. The molecule has 0 bridgehead atoms. The van der Waals surface area contributed by atoms with Gasteiger partial charge >= 0.3 is 0 Å². The predicted octanol–water partition coefficient (Wildman–Crippen LogP) is 2.07. The molecule has 3 aromatic rings. The molecule has 124 valence electrons. The lowest BCUT2D eigenvalue weighted by molar-refractivity contribution is 0.475. The number of phenols is 1. The van der Waals surface area contributed by atoms with Gasteiger partial charge in [-0.3, -0.25) is 5.10 Å². The largest absolute Gasteiger partial charge is 0.508 e. The standard InChI is InChI=1S/C17H17N3O3S/c21-13-3-1-11(2-4-13)12-7-16-15(10-19-20-16)17(8-12)24(22,23)14-5-6-18-9-14/h1-4,7-8,10,14,18,21H,5-6,9H2,(H,19,20)/t14-/m0/s1. The Bertz CT molecular complexity index is 988. The summed E-state index contributed by atoms with van der Waals surface area (Å²) in [7, 11) is -3.45. The average molecular weight is 343 g/mol. The second kappa shape index (κ2) is 5.61. The molecule has 1 aliphatic heterocycles. The number of aromatic amines is 1. The number of aromatic nitrogens is 2.